The van der Waals surface area contributed by atoms with Crippen LogP contribution in [0.2, 0.25) is 0 Å². The van der Waals surface area contributed by atoms with Crippen LogP contribution in [0.4, 0.5) is 10.2 Å². The molecular formula is C19H22FN5O. The van der Waals surface area contributed by atoms with Gasteiger partial charge in [0.2, 0.25) is 0 Å². The molecule has 1 saturated carbocycles. The fourth-order valence-corrected chi connectivity index (χ4v) is 3.75. The van der Waals surface area contributed by atoms with Gasteiger partial charge < -0.3 is 15.4 Å². The summed E-state index contributed by atoms with van der Waals surface area (Å²) in [6.07, 6.45) is 5.00. The molecule has 4 rings (SSSR count). The second-order valence-electron chi connectivity index (χ2n) is 7.13. The van der Waals surface area contributed by atoms with E-state index in [1.165, 1.54) is 12.1 Å². The molecule has 0 bridgehead atoms. The highest BCUT2D eigenvalue weighted by Gasteiger charge is 2.31. The van der Waals surface area contributed by atoms with Crippen LogP contribution in [0.15, 0.2) is 24.3 Å². The maximum atomic E-state index is 13.6. The molecule has 3 aromatic rings. The Morgan fingerprint density at radius 1 is 1.23 bits per heavy atom. The highest BCUT2D eigenvalue weighted by molar-refractivity contribution is 5.85. The largest absolute Gasteiger partial charge is 0.390 e. The molecule has 0 amide bonds. The molecule has 1 fully saturated rings. The van der Waals surface area contributed by atoms with Crippen LogP contribution in [0.3, 0.4) is 0 Å². The van der Waals surface area contributed by atoms with Gasteiger partial charge in [0.1, 0.15) is 17.5 Å². The molecule has 2 aromatic heterocycles. The zero-order valence-corrected chi connectivity index (χ0v) is 14.7. The van der Waals surface area contributed by atoms with Crippen LogP contribution in [-0.2, 0) is 13.5 Å². The molecule has 1 aromatic carbocycles. The molecule has 3 N–H and O–H groups in total. The van der Waals surface area contributed by atoms with Crippen molar-refractivity contribution < 1.29 is 9.50 Å². The molecule has 2 heterocycles. The highest BCUT2D eigenvalue weighted by Crippen LogP contribution is 2.33. The number of aryl methyl sites for hydroxylation is 2. The number of nitrogens with zero attached hydrogens (tertiary/aromatic N) is 4. The molecule has 1 aliphatic rings. The first-order valence-corrected chi connectivity index (χ1v) is 8.92. The normalized spacial score (nSPS) is 16.4. The summed E-state index contributed by atoms with van der Waals surface area (Å²) < 4.78 is 15.4. The average Bonchev–Trinajstić information content (AvgIpc) is 3.18. The molecule has 1 aliphatic carbocycles. The van der Waals surface area contributed by atoms with Crippen molar-refractivity contribution in [2.45, 2.75) is 44.1 Å². The van der Waals surface area contributed by atoms with Gasteiger partial charge in [-0.05, 0) is 31.4 Å². The first-order chi connectivity index (χ1) is 12.5. The number of hydrogen-bond donors (Lipinski definition) is 2. The second kappa shape index (κ2) is 6.32. The predicted octanol–water partition coefficient (Wildman–Crippen LogP) is 2.99. The van der Waals surface area contributed by atoms with Gasteiger partial charge in [-0.25, -0.2) is 19.3 Å². The number of halogens is 1. The topological polar surface area (TPSA) is 89.9 Å². The van der Waals surface area contributed by atoms with Crippen LogP contribution < -0.4 is 5.73 Å². The maximum absolute atomic E-state index is 13.6. The molecule has 6 nitrogen and oxygen atoms in total. The molecule has 0 unspecified atom stereocenters. The van der Waals surface area contributed by atoms with Gasteiger partial charge in [-0.15, -0.1) is 0 Å². The smallest absolute Gasteiger partial charge is 0.165 e. The van der Waals surface area contributed by atoms with Gasteiger partial charge in [0.15, 0.2) is 17.0 Å². The quantitative estimate of drug-likeness (QED) is 0.751. The number of aromatic nitrogens is 4. The number of nitrogens with two attached hydrogens (primary N) is 1. The van der Waals surface area contributed by atoms with E-state index in [2.05, 4.69) is 15.0 Å². The Morgan fingerprint density at radius 3 is 2.73 bits per heavy atom. The van der Waals surface area contributed by atoms with Crippen LogP contribution in [0.1, 0.15) is 37.9 Å². The van der Waals surface area contributed by atoms with E-state index in [4.69, 9.17) is 5.73 Å². The van der Waals surface area contributed by atoms with Crippen LogP contribution in [0.5, 0.6) is 0 Å². The van der Waals surface area contributed by atoms with E-state index < -0.39 is 5.60 Å². The van der Waals surface area contributed by atoms with Gasteiger partial charge in [0, 0.05) is 19.0 Å². The Hall–Kier alpha value is -2.54. The SMILES string of the molecule is Cn1c(-c2cccc(F)c2)nc2c(N)nc(CCC3(O)CCCC3)nc21. The molecule has 0 saturated heterocycles. The molecule has 136 valence electrons. The van der Waals surface area contributed by atoms with Crippen molar-refractivity contribution in [3.05, 3.63) is 35.9 Å². The lowest BCUT2D eigenvalue weighted by molar-refractivity contribution is 0.0386. The van der Waals surface area contributed by atoms with Gasteiger partial charge >= 0.3 is 0 Å². The molecule has 0 spiro atoms. The van der Waals surface area contributed by atoms with Gasteiger partial charge in [-0.3, -0.25) is 0 Å². The summed E-state index contributed by atoms with van der Waals surface area (Å²) in [5.74, 6) is 1.18. The van der Waals surface area contributed by atoms with E-state index in [0.29, 0.717) is 47.0 Å². The number of imidazole rings is 1. The third-order valence-corrected chi connectivity index (χ3v) is 5.22. The predicted molar refractivity (Wildman–Crippen MR) is 97.8 cm³/mol. The Bertz CT molecular complexity index is 962. The fourth-order valence-electron chi connectivity index (χ4n) is 3.75. The zero-order chi connectivity index (χ0) is 18.3. The minimum absolute atomic E-state index is 0.307. The van der Waals surface area contributed by atoms with E-state index in [1.807, 2.05) is 7.05 Å². The van der Waals surface area contributed by atoms with Crippen molar-refractivity contribution in [3.63, 3.8) is 0 Å². The summed E-state index contributed by atoms with van der Waals surface area (Å²) in [6.45, 7) is 0. The van der Waals surface area contributed by atoms with Crippen LogP contribution in [0, 0.1) is 5.82 Å². The van der Waals surface area contributed by atoms with E-state index >= 15 is 0 Å². The average molecular weight is 355 g/mol. The van der Waals surface area contributed by atoms with Crippen molar-refractivity contribution in [3.8, 4) is 11.4 Å². The maximum Gasteiger partial charge on any atom is 0.165 e. The minimum atomic E-state index is -0.605. The van der Waals surface area contributed by atoms with Crippen molar-refractivity contribution in [1.29, 1.82) is 0 Å². The first kappa shape index (κ1) is 16.9. The van der Waals surface area contributed by atoms with E-state index in [0.717, 1.165) is 25.7 Å². The van der Waals surface area contributed by atoms with E-state index in [-0.39, 0.29) is 5.82 Å². The number of hydrogen-bond acceptors (Lipinski definition) is 5. The number of anilines is 1. The summed E-state index contributed by atoms with van der Waals surface area (Å²) in [6, 6.07) is 6.27. The Kier molecular flexibility index (Phi) is 4.11. The van der Waals surface area contributed by atoms with Crippen molar-refractivity contribution in [1.82, 2.24) is 19.5 Å². The molecule has 26 heavy (non-hydrogen) atoms. The Morgan fingerprint density at radius 2 is 2.00 bits per heavy atom. The molecule has 0 atom stereocenters. The molecule has 7 heteroatoms. The summed E-state index contributed by atoms with van der Waals surface area (Å²) in [7, 11) is 1.83. The molecule has 0 aliphatic heterocycles. The summed E-state index contributed by atoms with van der Waals surface area (Å²) >= 11 is 0. The molecule has 0 radical (unpaired) electrons. The van der Waals surface area contributed by atoms with E-state index in [9.17, 15) is 9.50 Å². The van der Waals surface area contributed by atoms with E-state index in [1.54, 1.807) is 16.7 Å². The van der Waals surface area contributed by atoms with Crippen molar-refractivity contribution in [2.24, 2.45) is 7.05 Å². The summed E-state index contributed by atoms with van der Waals surface area (Å²) in [4.78, 5) is 13.5. The third kappa shape index (κ3) is 3.03. The van der Waals surface area contributed by atoms with Gasteiger partial charge in [-0.2, -0.15) is 0 Å². The zero-order valence-electron chi connectivity index (χ0n) is 14.7. The molecular weight excluding hydrogens is 333 g/mol. The Balaban J connectivity index is 1.69. The van der Waals surface area contributed by atoms with Crippen molar-refractivity contribution in [2.75, 3.05) is 5.73 Å². The van der Waals surface area contributed by atoms with Gasteiger partial charge in [0.05, 0.1) is 5.60 Å². The summed E-state index contributed by atoms with van der Waals surface area (Å²) in [5, 5.41) is 10.5. The first-order valence-electron chi connectivity index (χ1n) is 8.92. The minimum Gasteiger partial charge on any atom is -0.390 e. The summed E-state index contributed by atoms with van der Waals surface area (Å²) in [5.41, 5.74) is 7.28. The number of nitrogen functional groups attached to an aromatic ring is 1. The van der Waals surface area contributed by atoms with Crippen LogP contribution >= 0.6 is 0 Å². The van der Waals surface area contributed by atoms with Gasteiger partial charge in [-0.1, -0.05) is 25.0 Å². The number of aliphatic hydroxyl groups is 1. The lowest BCUT2D eigenvalue weighted by Crippen LogP contribution is -2.25. The number of benzene rings is 1. The highest BCUT2D eigenvalue weighted by atomic mass is 19.1. The fraction of sp³-hybridized carbons (Fsp3) is 0.421. The number of fused-ring (bicyclic) bond motifs is 1. The monoisotopic (exact) mass is 355 g/mol. The van der Waals surface area contributed by atoms with Crippen LogP contribution in [0.25, 0.3) is 22.6 Å². The Labute approximate surface area is 150 Å². The lowest BCUT2D eigenvalue weighted by Gasteiger charge is -2.21. The second-order valence-corrected chi connectivity index (χ2v) is 7.13. The van der Waals surface area contributed by atoms with Crippen molar-refractivity contribution >= 4 is 17.0 Å². The standard InChI is InChI=1S/C19H22FN5O/c1-25-17(12-5-4-6-13(20)11-12)24-15-16(21)22-14(23-18(15)25)7-10-19(26)8-2-3-9-19/h4-6,11,26H,2-3,7-10H2,1H3,(H2,21,22,23). The third-order valence-electron chi connectivity index (χ3n) is 5.22. The number of rotatable bonds is 4. The van der Waals surface area contributed by atoms with Crippen LogP contribution in [-0.4, -0.2) is 30.2 Å². The van der Waals surface area contributed by atoms with Gasteiger partial charge in [0.25, 0.3) is 0 Å². The lowest BCUT2D eigenvalue weighted by atomic mass is 9.96.